The Morgan fingerprint density at radius 3 is 1.97 bits per heavy atom. The molecule has 0 N–H and O–H groups in total. The monoisotopic (exact) mass is 522 g/mol. The predicted molar refractivity (Wildman–Crippen MR) is 146 cm³/mol. The van der Waals surface area contributed by atoms with E-state index >= 15 is 0 Å². The lowest BCUT2D eigenvalue weighted by Gasteiger charge is -2.18. The first-order chi connectivity index (χ1) is 17.1. The Morgan fingerprint density at radius 1 is 0.829 bits per heavy atom. The first-order valence-corrected chi connectivity index (χ1v) is 13.4. The summed E-state index contributed by atoms with van der Waals surface area (Å²) in [5.41, 5.74) is 0.781. The number of carbonyl (C=O) groups excluding carboxylic acids is 2. The van der Waals surface area contributed by atoms with E-state index in [0.29, 0.717) is 27.0 Å². The van der Waals surface area contributed by atoms with E-state index in [2.05, 4.69) is 6.92 Å². The molecule has 5 nitrogen and oxygen atoms in total. The highest BCUT2D eigenvalue weighted by atomic mass is 35.5. The molecule has 194 valence electrons. The van der Waals surface area contributed by atoms with Gasteiger partial charge in [0.2, 0.25) is 0 Å². The molecule has 0 spiro atoms. The fourth-order valence-electron chi connectivity index (χ4n) is 3.94. The highest BCUT2D eigenvalue weighted by molar-refractivity contribution is 7.00. The SMILES string of the molecule is CCCCCCCCCCCCOC(=O)C(C(=O)c1c(Cl)cccc1OC)c1ccccc1.O=[PH3]. The Labute approximate surface area is 217 Å². The van der Waals surface area contributed by atoms with E-state index < -0.39 is 17.7 Å². The number of Topliss-reactive ketones (excluding diaryl/α,β-unsaturated/α-hetero) is 1. The van der Waals surface area contributed by atoms with Crippen LogP contribution in [-0.4, -0.2) is 25.5 Å². The standard InChI is InChI=1S/C28H37ClO4.H3OP/c1-3-4-5-6-7-8-9-10-11-15-21-33-28(31)25(22-17-13-12-14-18-22)27(30)26-23(29)19-16-20-24(26)32-2;1-2/h12-14,16-20,25H,3-11,15,21H2,1-2H3;2H3. The number of rotatable bonds is 16. The zero-order valence-corrected chi connectivity index (χ0v) is 23.3. The predicted octanol–water partition coefficient (Wildman–Crippen LogP) is 7.72. The maximum absolute atomic E-state index is 13.4. The number of methoxy groups -OCH3 is 1. The maximum Gasteiger partial charge on any atom is 0.321 e. The number of carbonyl (C=O) groups is 2. The lowest BCUT2D eigenvalue weighted by atomic mass is 9.90. The molecule has 0 fully saturated rings. The zero-order valence-electron chi connectivity index (χ0n) is 21.1. The van der Waals surface area contributed by atoms with Gasteiger partial charge >= 0.3 is 5.97 Å². The molecule has 2 aromatic rings. The highest BCUT2D eigenvalue weighted by Gasteiger charge is 2.33. The number of benzene rings is 2. The second kappa shape index (κ2) is 19.1. The number of ether oxygens (including phenoxy) is 2. The number of halogens is 1. The average Bonchev–Trinajstić information content (AvgIpc) is 2.89. The van der Waals surface area contributed by atoms with Crippen molar-refractivity contribution in [1.82, 2.24) is 0 Å². The molecule has 0 aliphatic rings. The molecule has 0 aliphatic heterocycles. The van der Waals surface area contributed by atoms with Crippen molar-refractivity contribution in [3.63, 3.8) is 0 Å². The van der Waals surface area contributed by atoms with E-state index in [1.54, 1.807) is 42.5 Å². The molecule has 0 aliphatic carbocycles. The minimum Gasteiger partial charge on any atom is -0.496 e. The first kappa shape index (κ1) is 30.9. The molecule has 0 radical (unpaired) electrons. The van der Waals surface area contributed by atoms with Crippen molar-refractivity contribution in [2.24, 2.45) is 0 Å². The van der Waals surface area contributed by atoms with Gasteiger partial charge < -0.3 is 14.0 Å². The van der Waals surface area contributed by atoms with Crippen LogP contribution in [0.2, 0.25) is 5.02 Å². The van der Waals surface area contributed by atoms with E-state index in [4.69, 9.17) is 25.6 Å². The minimum atomic E-state index is -1.08. The van der Waals surface area contributed by atoms with Crippen LogP contribution in [0.3, 0.4) is 0 Å². The summed E-state index contributed by atoms with van der Waals surface area (Å²) in [4.78, 5) is 26.4. The average molecular weight is 523 g/mol. The number of ketones is 1. The van der Waals surface area contributed by atoms with E-state index in [-0.39, 0.29) is 10.6 Å². The lowest BCUT2D eigenvalue weighted by Crippen LogP contribution is -2.25. The summed E-state index contributed by atoms with van der Waals surface area (Å²) < 4.78 is 19.1. The van der Waals surface area contributed by atoms with Crippen molar-refractivity contribution in [3.8, 4) is 5.75 Å². The lowest BCUT2D eigenvalue weighted by molar-refractivity contribution is -0.144. The fraction of sp³-hybridized carbons (Fsp3) is 0.500. The molecule has 0 saturated carbocycles. The Morgan fingerprint density at radius 2 is 1.40 bits per heavy atom. The van der Waals surface area contributed by atoms with Gasteiger partial charge in [-0.1, -0.05) is 113 Å². The molecule has 0 saturated heterocycles. The molecule has 0 bridgehead atoms. The topological polar surface area (TPSA) is 69.7 Å². The summed E-state index contributed by atoms with van der Waals surface area (Å²) in [6.45, 7) is 2.55. The van der Waals surface area contributed by atoms with Gasteiger partial charge in [-0.25, -0.2) is 0 Å². The fourth-order valence-corrected chi connectivity index (χ4v) is 4.20. The molecule has 35 heavy (non-hydrogen) atoms. The van der Waals surface area contributed by atoms with E-state index in [9.17, 15) is 9.59 Å². The third kappa shape index (κ3) is 11.0. The van der Waals surface area contributed by atoms with Crippen molar-refractivity contribution in [2.75, 3.05) is 13.7 Å². The molecule has 0 amide bonds. The Balaban J connectivity index is 0.00000298. The number of esters is 1. The Hall–Kier alpha value is -2.10. The quantitative estimate of drug-likeness (QED) is 0.0741. The number of hydrogen-bond donors (Lipinski definition) is 0. The van der Waals surface area contributed by atoms with Gasteiger partial charge in [0.15, 0.2) is 5.78 Å². The van der Waals surface area contributed by atoms with Gasteiger partial charge in [0.25, 0.3) is 0 Å². The second-order valence-corrected chi connectivity index (χ2v) is 8.78. The molecule has 2 aromatic carbocycles. The van der Waals surface area contributed by atoms with Crippen molar-refractivity contribution in [3.05, 3.63) is 64.7 Å². The summed E-state index contributed by atoms with van der Waals surface area (Å²) in [6, 6.07) is 13.9. The van der Waals surface area contributed by atoms with Gasteiger partial charge in [-0.3, -0.25) is 9.59 Å². The van der Waals surface area contributed by atoms with E-state index in [0.717, 1.165) is 19.3 Å². The second-order valence-electron chi connectivity index (χ2n) is 8.37. The van der Waals surface area contributed by atoms with Crippen molar-refractivity contribution in [2.45, 2.75) is 77.0 Å². The van der Waals surface area contributed by atoms with Crippen LogP contribution in [0, 0.1) is 0 Å². The molecule has 2 atom stereocenters. The van der Waals surface area contributed by atoms with Gasteiger partial charge in [-0.05, 0) is 24.1 Å². The molecule has 2 unspecified atom stereocenters. The van der Waals surface area contributed by atoms with Crippen LogP contribution in [0.15, 0.2) is 48.5 Å². The molecule has 0 heterocycles. The van der Waals surface area contributed by atoms with Crippen molar-refractivity contribution >= 4 is 32.5 Å². The van der Waals surface area contributed by atoms with Crippen LogP contribution in [-0.2, 0) is 14.1 Å². The minimum absolute atomic E-state index is 0.200. The van der Waals surface area contributed by atoms with Gasteiger partial charge in [-0.15, -0.1) is 0 Å². The van der Waals surface area contributed by atoms with Crippen LogP contribution in [0.1, 0.15) is 93.0 Å². The number of hydrogen-bond acceptors (Lipinski definition) is 5. The van der Waals surface area contributed by atoms with Crippen molar-refractivity contribution < 1.29 is 23.6 Å². The normalized spacial score (nSPS) is 11.3. The molecule has 0 aromatic heterocycles. The van der Waals surface area contributed by atoms with E-state index in [1.807, 2.05) is 6.07 Å². The van der Waals surface area contributed by atoms with Crippen LogP contribution in [0.5, 0.6) is 5.75 Å². The van der Waals surface area contributed by atoms with Gasteiger partial charge in [0.05, 0.1) is 33.4 Å². The van der Waals surface area contributed by atoms with Crippen LogP contribution in [0.25, 0.3) is 0 Å². The molecule has 7 heteroatoms. The summed E-state index contributed by atoms with van der Waals surface area (Å²) in [6.07, 6.45) is 12.0. The van der Waals surface area contributed by atoms with Gasteiger partial charge in [0, 0.05) is 0 Å². The third-order valence-corrected chi connectivity index (χ3v) is 6.13. The Bertz CT molecular complexity index is 875. The summed E-state index contributed by atoms with van der Waals surface area (Å²) in [5.74, 6) is -1.71. The van der Waals surface area contributed by atoms with Crippen LogP contribution >= 0.6 is 20.7 Å². The van der Waals surface area contributed by atoms with Crippen molar-refractivity contribution in [1.29, 1.82) is 0 Å². The zero-order chi connectivity index (χ0) is 25.9. The van der Waals surface area contributed by atoms with Gasteiger partial charge in [-0.2, -0.15) is 0 Å². The largest absolute Gasteiger partial charge is 0.496 e. The van der Waals surface area contributed by atoms with E-state index in [1.165, 1.54) is 52.1 Å². The number of unbranched alkanes of at least 4 members (excludes halogenated alkanes) is 9. The maximum atomic E-state index is 13.4. The van der Waals surface area contributed by atoms with Crippen LogP contribution < -0.4 is 4.74 Å². The highest BCUT2D eigenvalue weighted by Crippen LogP contribution is 2.32. The molecule has 2 rings (SSSR count). The summed E-state index contributed by atoms with van der Waals surface area (Å²) >= 11 is 6.31. The smallest absolute Gasteiger partial charge is 0.321 e. The summed E-state index contributed by atoms with van der Waals surface area (Å²) in [7, 11) is 2.09. The third-order valence-electron chi connectivity index (χ3n) is 5.81. The van der Waals surface area contributed by atoms with Gasteiger partial charge in [0.1, 0.15) is 11.7 Å². The molecular weight excluding hydrogens is 483 g/mol. The van der Waals surface area contributed by atoms with Crippen LogP contribution in [0.4, 0.5) is 0 Å². The molecular formula is C28H40ClO5P. The first-order valence-electron chi connectivity index (χ1n) is 12.5. The summed E-state index contributed by atoms with van der Waals surface area (Å²) in [5, 5.41) is 0.253. The Kier molecular flexibility index (Phi) is 16.9.